The zero-order chi connectivity index (χ0) is 22.5. The highest BCUT2D eigenvalue weighted by Gasteiger charge is 2.31. The number of nitrogens with zero attached hydrogens (tertiary/aromatic N) is 2. The van der Waals surface area contributed by atoms with Crippen LogP contribution in [0.1, 0.15) is 24.8 Å². The predicted molar refractivity (Wildman–Crippen MR) is 121 cm³/mol. The summed E-state index contributed by atoms with van der Waals surface area (Å²) in [5.74, 6) is 0. The molecule has 0 bridgehead atoms. The first-order chi connectivity index (χ1) is 15.3. The maximum Gasteiger partial charge on any atom is 0.321 e. The minimum absolute atomic E-state index is 0.0696. The van der Waals surface area contributed by atoms with E-state index in [1.807, 2.05) is 6.92 Å². The maximum atomic E-state index is 13.4. The fraction of sp³-hybridized carbons (Fsp3) is 0.261. The second-order valence-electron chi connectivity index (χ2n) is 8.03. The summed E-state index contributed by atoms with van der Waals surface area (Å²) >= 11 is 0. The number of sulfonamides is 1. The molecule has 0 N–H and O–H groups in total. The van der Waals surface area contributed by atoms with Gasteiger partial charge in [-0.1, -0.05) is 48.4 Å². The fourth-order valence-corrected chi connectivity index (χ4v) is 6.93. The van der Waals surface area contributed by atoms with Crippen molar-refractivity contribution in [3.63, 3.8) is 0 Å². The maximum absolute atomic E-state index is 13.4. The van der Waals surface area contributed by atoms with Crippen molar-refractivity contribution in [1.29, 1.82) is 0 Å². The van der Waals surface area contributed by atoms with Crippen LogP contribution in [0.15, 0.2) is 74.0 Å². The molecule has 0 saturated carbocycles. The SMILES string of the molecule is Cc1ccc(S(=O)(=O)c2nc3c(cc(S(=O)(=O)N4CCCCC4)c4ccccc43)o2)cc1. The van der Waals surface area contributed by atoms with E-state index in [0.717, 1.165) is 24.8 Å². The molecular weight excluding hydrogens is 448 g/mol. The van der Waals surface area contributed by atoms with Gasteiger partial charge in [0.2, 0.25) is 10.0 Å². The van der Waals surface area contributed by atoms with Crippen LogP contribution in [-0.2, 0) is 19.9 Å². The Labute approximate surface area is 186 Å². The number of rotatable bonds is 4. The van der Waals surface area contributed by atoms with Gasteiger partial charge in [-0.25, -0.2) is 16.8 Å². The number of benzene rings is 3. The van der Waals surface area contributed by atoms with Crippen LogP contribution in [0.3, 0.4) is 0 Å². The Balaban J connectivity index is 1.72. The number of oxazole rings is 1. The van der Waals surface area contributed by atoms with Gasteiger partial charge < -0.3 is 4.42 Å². The number of aromatic nitrogens is 1. The van der Waals surface area contributed by atoms with Crippen molar-refractivity contribution in [1.82, 2.24) is 9.29 Å². The molecule has 5 rings (SSSR count). The van der Waals surface area contributed by atoms with E-state index in [1.54, 1.807) is 36.4 Å². The Morgan fingerprint density at radius 3 is 2.22 bits per heavy atom. The molecule has 166 valence electrons. The first-order valence-corrected chi connectivity index (χ1v) is 13.3. The van der Waals surface area contributed by atoms with Crippen LogP contribution in [0, 0.1) is 6.92 Å². The molecule has 3 aromatic carbocycles. The van der Waals surface area contributed by atoms with Crippen LogP contribution in [0.4, 0.5) is 0 Å². The number of hydrogen-bond donors (Lipinski definition) is 0. The quantitative estimate of drug-likeness (QED) is 0.441. The van der Waals surface area contributed by atoms with Gasteiger partial charge >= 0.3 is 5.22 Å². The van der Waals surface area contributed by atoms with Crippen molar-refractivity contribution in [2.75, 3.05) is 13.1 Å². The summed E-state index contributed by atoms with van der Waals surface area (Å²) in [6, 6.07) is 14.8. The van der Waals surface area contributed by atoms with Crippen LogP contribution in [0.5, 0.6) is 0 Å². The highest BCUT2D eigenvalue weighted by molar-refractivity contribution is 7.91. The van der Waals surface area contributed by atoms with E-state index in [1.165, 1.54) is 22.5 Å². The number of hydrogen-bond acceptors (Lipinski definition) is 6. The molecule has 4 aromatic rings. The van der Waals surface area contributed by atoms with Crippen LogP contribution < -0.4 is 0 Å². The Bertz CT molecular complexity index is 1530. The van der Waals surface area contributed by atoms with Crippen LogP contribution in [0.25, 0.3) is 21.9 Å². The molecular formula is C23H22N2O5S2. The van der Waals surface area contributed by atoms with Crippen molar-refractivity contribution in [3.8, 4) is 0 Å². The van der Waals surface area contributed by atoms with E-state index in [0.29, 0.717) is 29.4 Å². The van der Waals surface area contributed by atoms with Gasteiger partial charge in [0.05, 0.1) is 9.79 Å². The first kappa shape index (κ1) is 21.1. The third kappa shape index (κ3) is 3.41. The van der Waals surface area contributed by atoms with Gasteiger partial charge in [0.1, 0.15) is 5.52 Å². The minimum Gasteiger partial charge on any atom is -0.428 e. The van der Waals surface area contributed by atoms with Gasteiger partial charge in [-0.05, 0) is 31.9 Å². The fourth-order valence-electron chi connectivity index (χ4n) is 4.09. The van der Waals surface area contributed by atoms with Crippen molar-refractivity contribution in [2.24, 2.45) is 0 Å². The number of piperidine rings is 1. The molecule has 9 heteroatoms. The average Bonchev–Trinajstić information content (AvgIpc) is 3.25. The van der Waals surface area contributed by atoms with E-state index < -0.39 is 25.1 Å². The molecule has 1 aliphatic rings. The summed E-state index contributed by atoms with van der Waals surface area (Å²) in [6.45, 7) is 2.81. The molecule has 0 radical (unpaired) electrons. The summed E-state index contributed by atoms with van der Waals surface area (Å²) in [4.78, 5) is 4.46. The van der Waals surface area contributed by atoms with E-state index in [9.17, 15) is 16.8 Å². The third-order valence-corrected chi connectivity index (χ3v) is 9.30. The van der Waals surface area contributed by atoms with Crippen LogP contribution >= 0.6 is 0 Å². The second kappa shape index (κ2) is 7.68. The standard InChI is InChI=1S/C23H22N2O5S2/c1-16-9-11-17(12-10-16)31(26,27)23-24-22-19-8-4-3-7-18(19)21(15-20(22)30-23)32(28,29)25-13-5-2-6-14-25/h3-4,7-12,15H,2,5-6,13-14H2,1H3. The van der Waals surface area contributed by atoms with E-state index in [-0.39, 0.29) is 15.4 Å². The van der Waals surface area contributed by atoms with Gasteiger partial charge in [0.25, 0.3) is 9.84 Å². The molecule has 2 heterocycles. The zero-order valence-corrected chi connectivity index (χ0v) is 19.1. The molecule has 0 aliphatic carbocycles. The van der Waals surface area contributed by atoms with Gasteiger partial charge in [0, 0.05) is 29.9 Å². The summed E-state index contributed by atoms with van der Waals surface area (Å²) in [7, 11) is -7.76. The zero-order valence-electron chi connectivity index (χ0n) is 17.5. The number of sulfone groups is 1. The topological polar surface area (TPSA) is 97.5 Å². The van der Waals surface area contributed by atoms with Crippen molar-refractivity contribution < 1.29 is 21.3 Å². The van der Waals surface area contributed by atoms with Crippen LogP contribution in [0.2, 0.25) is 0 Å². The molecule has 0 spiro atoms. The van der Waals surface area contributed by atoms with Crippen LogP contribution in [-0.4, -0.2) is 39.2 Å². The average molecular weight is 471 g/mol. The summed E-state index contributed by atoms with van der Waals surface area (Å²) in [5.41, 5.74) is 1.38. The minimum atomic E-state index is -3.99. The molecule has 1 aromatic heterocycles. The Hall–Kier alpha value is -2.75. The van der Waals surface area contributed by atoms with Gasteiger partial charge in [-0.3, -0.25) is 0 Å². The van der Waals surface area contributed by atoms with Crippen molar-refractivity contribution in [2.45, 2.75) is 41.2 Å². The molecule has 1 aliphatic heterocycles. The summed E-state index contributed by atoms with van der Waals surface area (Å²) in [6.07, 6.45) is 2.65. The van der Waals surface area contributed by atoms with E-state index in [2.05, 4.69) is 4.98 Å². The molecule has 7 nitrogen and oxygen atoms in total. The number of fused-ring (bicyclic) bond motifs is 3. The smallest absolute Gasteiger partial charge is 0.321 e. The Morgan fingerprint density at radius 1 is 0.875 bits per heavy atom. The molecule has 0 unspecified atom stereocenters. The molecule has 0 amide bonds. The second-order valence-corrected chi connectivity index (χ2v) is 11.8. The molecule has 1 saturated heterocycles. The molecule has 0 atom stereocenters. The summed E-state index contributed by atoms with van der Waals surface area (Å²) < 4.78 is 60.2. The third-order valence-electron chi connectivity index (χ3n) is 5.84. The largest absolute Gasteiger partial charge is 0.428 e. The number of aryl methyl sites for hydroxylation is 1. The van der Waals surface area contributed by atoms with Gasteiger partial charge in [-0.2, -0.15) is 9.29 Å². The van der Waals surface area contributed by atoms with E-state index in [4.69, 9.17) is 4.42 Å². The van der Waals surface area contributed by atoms with Crippen molar-refractivity contribution in [3.05, 3.63) is 60.2 Å². The predicted octanol–water partition coefficient (Wildman–Crippen LogP) is 4.30. The lowest BCUT2D eigenvalue weighted by Gasteiger charge is -2.26. The molecule has 1 fully saturated rings. The Morgan fingerprint density at radius 2 is 1.53 bits per heavy atom. The summed E-state index contributed by atoms with van der Waals surface area (Å²) in [5, 5.41) is 0.585. The lowest BCUT2D eigenvalue weighted by atomic mass is 10.1. The highest BCUT2D eigenvalue weighted by atomic mass is 32.2. The van der Waals surface area contributed by atoms with Crippen molar-refractivity contribution >= 4 is 41.7 Å². The molecule has 32 heavy (non-hydrogen) atoms. The van der Waals surface area contributed by atoms with Gasteiger partial charge in [0.15, 0.2) is 5.58 Å². The lowest BCUT2D eigenvalue weighted by Crippen LogP contribution is -2.35. The Kier molecular flexibility index (Phi) is 5.07. The monoisotopic (exact) mass is 470 g/mol. The normalized spacial score (nSPS) is 16.0. The first-order valence-electron chi connectivity index (χ1n) is 10.4. The highest BCUT2D eigenvalue weighted by Crippen LogP contribution is 2.35. The van der Waals surface area contributed by atoms with E-state index >= 15 is 0 Å². The van der Waals surface area contributed by atoms with Gasteiger partial charge in [-0.15, -0.1) is 0 Å². The lowest BCUT2D eigenvalue weighted by molar-refractivity contribution is 0.347.